The SMILES string of the molecule is CC.Cc1cnc2oncc2n1. The molecule has 0 aliphatic heterocycles. The van der Waals surface area contributed by atoms with Crippen molar-refractivity contribution in [2.24, 2.45) is 0 Å². The Labute approximate surface area is 70.6 Å². The largest absolute Gasteiger partial charge is 0.334 e. The zero-order valence-corrected chi connectivity index (χ0v) is 7.40. The van der Waals surface area contributed by atoms with Gasteiger partial charge >= 0.3 is 0 Å². The summed E-state index contributed by atoms with van der Waals surface area (Å²) in [6.45, 7) is 5.87. The van der Waals surface area contributed by atoms with E-state index in [4.69, 9.17) is 4.52 Å². The van der Waals surface area contributed by atoms with Gasteiger partial charge in [0.25, 0.3) is 5.71 Å². The van der Waals surface area contributed by atoms with E-state index >= 15 is 0 Å². The predicted molar refractivity (Wildman–Crippen MR) is 45.7 cm³/mol. The van der Waals surface area contributed by atoms with Crippen molar-refractivity contribution < 1.29 is 4.52 Å². The third-order valence-electron chi connectivity index (χ3n) is 1.20. The van der Waals surface area contributed by atoms with Crippen LogP contribution in [0.1, 0.15) is 19.5 Å². The Morgan fingerprint density at radius 3 is 2.75 bits per heavy atom. The molecule has 0 N–H and O–H groups in total. The van der Waals surface area contributed by atoms with E-state index in [1.54, 1.807) is 12.4 Å². The van der Waals surface area contributed by atoms with E-state index in [1.807, 2.05) is 20.8 Å². The second-order valence-electron chi connectivity index (χ2n) is 2.03. The molecule has 4 heteroatoms. The van der Waals surface area contributed by atoms with Crippen LogP contribution >= 0.6 is 0 Å². The molecule has 12 heavy (non-hydrogen) atoms. The average Bonchev–Trinajstić information content (AvgIpc) is 2.54. The average molecular weight is 165 g/mol. The molecule has 4 nitrogen and oxygen atoms in total. The highest BCUT2D eigenvalue weighted by Gasteiger charge is 1.98. The highest BCUT2D eigenvalue weighted by Crippen LogP contribution is 2.05. The summed E-state index contributed by atoms with van der Waals surface area (Å²) in [5, 5.41) is 3.54. The molecule has 0 amide bonds. The fourth-order valence-electron chi connectivity index (χ4n) is 0.765. The lowest BCUT2D eigenvalue weighted by molar-refractivity contribution is 0.448. The molecule has 0 spiro atoms. The van der Waals surface area contributed by atoms with Gasteiger partial charge in [0, 0.05) is 0 Å². The van der Waals surface area contributed by atoms with Gasteiger partial charge < -0.3 is 4.52 Å². The Kier molecular flexibility index (Phi) is 2.74. The quantitative estimate of drug-likeness (QED) is 0.598. The van der Waals surface area contributed by atoms with Gasteiger partial charge in [-0.15, -0.1) is 0 Å². The topological polar surface area (TPSA) is 51.8 Å². The summed E-state index contributed by atoms with van der Waals surface area (Å²) in [5.74, 6) is 0. The standard InChI is InChI=1S/C6H5N3O.C2H6/c1-4-2-7-6-5(9-4)3-8-10-6;1-2/h2-3H,1H3;1-2H3. The number of fused-ring (bicyclic) bond motifs is 1. The van der Waals surface area contributed by atoms with E-state index in [9.17, 15) is 0 Å². The van der Waals surface area contributed by atoms with Crippen molar-refractivity contribution in [3.8, 4) is 0 Å². The third-order valence-corrected chi connectivity index (χ3v) is 1.20. The molecular weight excluding hydrogens is 154 g/mol. The van der Waals surface area contributed by atoms with Crippen molar-refractivity contribution in [2.45, 2.75) is 20.8 Å². The Morgan fingerprint density at radius 2 is 2.00 bits per heavy atom. The third kappa shape index (κ3) is 1.58. The van der Waals surface area contributed by atoms with Crippen molar-refractivity contribution in [1.82, 2.24) is 15.1 Å². The number of aromatic nitrogens is 3. The van der Waals surface area contributed by atoms with Gasteiger partial charge in [-0.2, -0.15) is 0 Å². The monoisotopic (exact) mass is 165 g/mol. The molecule has 2 rings (SSSR count). The maximum absolute atomic E-state index is 4.75. The minimum Gasteiger partial charge on any atom is -0.334 e. The van der Waals surface area contributed by atoms with E-state index in [0.717, 1.165) is 5.69 Å². The van der Waals surface area contributed by atoms with Gasteiger partial charge in [-0.3, -0.25) is 0 Å². The van der Waals surface area contributed by atoms with E-state index in [0.29, 0.717) is 11.2 Å². The fourth-order valence-corrected chi connectivity index (χ4v) is 0.765. The number of aryl methyl sites for hydroxylation is 1. The van der Waals surface area contributed by atoms with Crippen LogP contribution in [0.25, 0.3) is 11.2 Å². The van der Waals surface area contributed by atoms with Gasteiger partial charge in [0.05, 0.1) is 18.1 Å². The summed E-state index contributed by atoms with van der Waals surface area (Å²) in [4.78, 5) is 8.07. The van der Waals surface area contributed by atoms with Gasteiger partial charge in [-0.25, -0.2) is 9.97 Å². The predicted octanol–water partition coefficient (Wildman–Crippen LogP) is 1.95. The Morgan fingerprint density at radius 1 is 1.25 bits per heavy atom. The van der Waals surface area contributed by atoms with Crippen molar-refractivity contribution >= 4 is 11.2 Å². The number of hydrogen-bond donors (Lipinski definition) is 0. The molecule has 0 unspecified atom stereocenters. The van der Waals surface area contributed by atoms with Crippen LogP contribution in [0.5, 0.6) is 0 Å². The first-order chi connectivity index (χ1) is 5.86. The van der Waals surface area contributed by atoms with Gasteiger partial charge in [0.2, 0.25) is 0 Å². The molecule has 0 fully saturated rings. The van der Waals surface area contributed by atoms with Crippen LogP contribution in [-0.4, -0.2) is 15.1 Å². The van der Waals surface area contributed by atoms with Crippen LogP contribution in [-0.2, 0) is 0 Å². The summed E-state index contributed by atoms with van der Waals surface area (Å²) in [6.07, 6.45) is 3.20. The normalized spacial score (nSPS) is 9.25. The second-order valence-corrected chi connectivity index (χ2v) is 2.03. The first-order valence-electron chi connectivity index (χ1n) is 3.90. The zero-order valence-electron chi connectivity index (χ0n) is 7.40. The van der Waals surface area contributed by atoms with E-state index in [2.05, 4.69) is 15.1 Å². The number of nitrogens with zero attached hydrogens (tertiary/aromatic N) is 3. The number of rotatable bonds is 0. The molecule has 2 aromatic heterocycles. The van der Waals surface area contributed by atoms with Crippen LogP contribution in [0.4, 0.5) is 0 Å². The van der Waals surface area contributed by atoms with Gasteiger partial charge in [-0.1, -0.05) is 19.0 Å². The van der Waals surface area contributed by atoms with E-state index in [-0.39, 0.29) is 0 Å². The molecule has 64 valence electrons. The lowest BCUT2D eigenvalue weighted by Crippen LogP contribution is -1.81. The minimum absolute atomic E-state index is 0.491. The summed E-state index contributed by atoms with van der Waals surface area (Å²) < 4.78 is 4.75. The van der Waals surface area contributed by atoms with E-state index < -0.39 is 0 Å². The van der Waals surface area contributed by atoms with Gasteiger partial charge in [0.15, 0.2) is 5.52 Å². The van der Waals surface area contributed by atoms with Crippen LogP contribution in [0.15, 0.2) is 16.9 Å². The van der Waals surface area contributed by atoms with Gasteiger partial charge in [0.1, 0.15) is 0 Å². The van der Waals surface area contributed by atoms with Crippen LogP contribution in [0.3, 0.4) is 0 Å². The van der Waals surface area contributed by atoms with E-state index in [1.165, 1.54) is 0 Å². The lowest BCUT2D eigenvalue weighted by Gasteiger charge is -1.86. The zero-order chi connectivity index (χ0) is 8.97. The smallest absolute Gasteiger partial charge is 0.276 e. The second kappa shape index (κ2) is 3.80. The molecular formula is C8H11N3O. The summed E-state index contributed by atoms with van der Waals surface area (Å²) in [7, 11) is 0. The Bertz CT molecular complexity index is 356. The molecule has 0 saturated heterocycles. The van der Waals surface area contributed by atoms with Crippen LogP contribution in [0.2, 0.25) is 0 Å². The van der Waals surface area contributed by atoms with Crippen molar-refractivity contribution in [3.05, 3.63) is 18.1 Å². The first kappa shape index (κ1) is 8.64. The summed E-state index contributed by atoms with van der Waals surface area (Å²) >= 11 is 0. The highest BCUT2D eigenvalue weighted by atomic mass is 16.5. The highest BCUT2D eigenvalue weighted by molar-refractivity contribution is 5.65. The first-order valence-corrected chi connectivity index (χ1v) is 3.90. The van der Waals surface area contributed by atoms with Crippen LogP contribution in [0, 0.1) is 6.92 Å². The molecule has 2 heterocycles. The molecule has 0 aliphatic rings. The van der Waals surface area contributed by atoms with Gasteiger partial charge in [-0.05, 0) is 6.92 Å². The molecule has 0 bridgehead atoms. The van der Waals surface area contributed by atoms with Crippen molar-refractivity contribution in [1.29, 1.82) is 0 Å². The molecule has 0 aliphatic carbocycles. The summed E-state index contributed by atoms with van der Waals surface area (Å²) in [6, 6.07) is 0. The maximum Gasteiger partial charge on any atom is 0.276 e. The number of hydrogen-bond acceptors (Lipinski definition) is 4. The maximum atomic E-state index is 4.75. The molecule has 0 aromatic carbocycles. The lowest BCUT2D eigenvalue weighted by atomic mass is 10.5. The Balaban J connectivity index is 0.000000336. The van der Waals surface area contributed by atoms with Crippen molar-refractivity contribution in [2.75, 3.05) is 0 Å². The molecule has 0 atom stereocenters. The Hall–Kier alpha value is -1.45. The molecule has 0 radical (unpaired) electrons. The fraction of sp³-hybridized carbons (Fsp3) is 0.375. The summed E-state index contributed by atoms with van der Waals surface area (Å²) in [5.41, 5.74) is 2.07. The molecule has 2 aromatic rings. The van der Waals surface area contributed by atoms with Crippen LogP contribution < -0.4 is 0 Å². The minimum atomic E-state index is 0.491. The van der Waals surface area contributed by atoms with Crippen molar-refractivity contribution in [3.63, 3.8) is 0 Å². The molecule has 0 saturated carbocycles.